The fraction of sp³-hybridized carbons (Fsp3) is 0. The van der Waals surface area contributed by atoms with E-state index in [1.807, 2.05) is 24.3 Å². The molecule has 2 aromatic heterocycles. The van der Waals surface area contributed by atoms with Gasteiger partial charge >= 0.3 is 0 Å². The molecule has 0 unspecified atom stereocenters. The van der Waals surface area contributed by atoms with E-state index in [9.17, 15) is 0 Å². The standard InChI is InChI=1S/C49H31N3O/c1-3-11-32(12-4-1)35-19-24-37(25-20-35)47-50-48(38-26-21-36(22-27-38)33-13-5-2-6-14-33)52-49(51-47)46-41(40-28-23-34-15-7-8-16-39(34)31-40)29-30-44-45(46)42-17-9-10-18-43(42)53-44/h1-31H. The molecule has 0 aliphatic carbocycles. The van der Waals surface area contributed by atoms with Crippen molar-refractivity contribution in [2.45, 2.75) is 0 Å². The number of nitrogens with zero attached hydrogens (tertiary/aromatic N) is 3. The van der Waals surface area contributed by atoms with Gasteiger partial charge in [0.1, 0.15) is 11.2 Å². The van der Waals surface area contributed by atoms with Gasteiger partial charge in [-0.2, -0.15) is 0 Å². The van der Waals surface area contributed by atoms with Gasteiger partial charge in [0, 0.05) is 27.5 Å². The molecule has 0 saturated carbocycles. The van der Waals surface area contributed by atoms with Gasteiger partial charge in [0.2, 0.25) is 0 Å². The second-order valence-corrected chi connectivity index (χ2v) is 13.2. The van der Waals surface area contributed by atoms with Crippen molar-refractivity contribution < 1.29 is 4.42 Å². The monoisotopic (exact) mass is 677 g/mol. The minimum Gasteiger partial charge on any atom is -0.456 e. The molecule has 0 aliphatic heterocycles. The fourth-order valence-electron chi connectivity index (χ4n) is 7.28. The van der Waals surface area contributed by atoms with Crippen LogP contribution < -0.4 is 0 Å². The zero-order valence-corrected chi connectivity index (χ0v) is 28.6. The summed E-state index contributed by atoms with van der Waals surface area (Å²) in [6.45, 7) is 0. The molecule has 248 valence electrons. The Bertz CT molecular complexity index is 2810. The van der Waals surface area contributed by atoms with E-state index < -0.39 is 0 Å². The summed E-state index contributed by atoms with van der Waals surface area (Å²) in [6.07, 6.45) is 0. The Kier molecular flexibility index (Phi) is 7.43. The van der Waals surface area contributed by atoms with Gasteiger partial charge in [-0.1, -0.05) is 164 Å². The summed E-state index contributed by atoms with van der Waals surface area (Å²) in [4.78, 5) is 15.7. The van der Waals surface area contributed by atoms with E-state index >= 15 is 0 Å². The van der Waals surface area contributed by atoms with Gasteiger partial charge in [0.05, 0.1) is 0 Å². The van der Waals surface area contributed by atoms with Crippen LogP contribution >= 0.6 is 0 Å². The largest absolute Gasteiger partial charge is 0.456 e. The van der Waals surface area contributed by atoms with Crippen LogP contribution in [0.5, 0.6) is 0 Å². The Morgan fingerprint density at radius 1 is 0.321 bits per heavy atom. The van der Waals surface area contributed by atoms with Gasteiger partial charge in [-0.15, -0.1) is 0 Å². The van der Waals surface area contributed by atoms with Gasteiger partial charge in [-0.05, 0) is 68.4 Å². The quantitative estimate of drug-likeness (QED) is 0.176. The van der Waals surface area contributed by atoms with E-state index in [1.54, 1.807) is 0 Å². The molecule has 0 aliphatic rings. The van der Waals surface area contributed by atoms with Crippen molar-refractivity contribution in [3.8, 4) is 67.5 Å². The summed E-state index contributed by atoms with van der Waals surface area (Å²) in [5, 5.41) is 4.36. The third kappa shape index (κ3) is 5.63. The number of hydrogen-bond donors (Lipinski definition) is 0. The molecule has 53 heavy (non-hydrogen) atoms. The highest BCUT2D eigenvalue weighted by molar-refractivity contribution is 6.15. The average Bonchev–Trinajstić information content (AvgIpc) is 3.63. The molecule has 2 heterocycles. The van der Waals surface area contributed by atoms with Crippen LogP contribution in [-0.2, 0) is 0 Å². The van der Waals surface area contributed by atoms with E-state index in [-0.39, 0.29) is 0 Å². The minimum atomic E-state index is 0.588. The molecule has 0 amide bonds. The Balaban J connectivity index is 1.21. The lowest BCUT2D eigenvalue weighted by Crippen LogP contribution is -2.01. The van der Waals surface area contributed by atoms with Crippen molar-refractivity contribution in [2.24, 2.45) is 0 Å². The van der Waals surface area contributed by atoms with Gasteiger partial charge < -0.3 is 4.42 Å². The SMILES string of the molecule is c1ccc(-c2ccc(-c3nc(-c4ccc(-c5ccccc5)cc4)nc(-c4c(-c5ccc6ccccc6c5)ccc5oc6ccccc6c45)n3)cc2)cc1. The summed E-state index contributed by atoms with van der Waals surface area (Å²) >= 11 is 0. The molecule has 10 rings (SSSR count). The highest BCUT2D eigenvalue weighted by Crippen LogP contribution is 2.43. The Hall–Kier alpha value is -7.17. The van der Waals surface area contributed by atoms with E-state index in [0.29, 0.717) is 17.5 Å². The third-order valence-electron chi connectivity index (χ3n) is 9.96. The van der Waals surface area contributed by atoms with Crippen LogP contribution in [0.3, 0.4) is 0 Å². The lowest BCUT2D eigenvalue weighted by Gasteiger charge is -2.14. The van der Waals surface area contributed by atoms with Crippen LogP contribution in [0.25, 0.3) is 100 Å². The van der Waals surface area contributed by atoms with E-state index in [1.165, 1.54) is 10.8 Å². The van der Waals surface area contributed by atoms with Gasteiger partial charge in [-0.3, -0.25) is 0 Å². The van der Waals surface area contributed by atoms with Crippen LogP contribution in [-0.4, -0.2) is 15.0 Å². The second kappa shape index (κ2) is 12.9. The number of aromatic nitrogens is 3. The second-order valence-electron chi connectivity index (χ2n) is 13.2. The molecular formula is C49H31N3O. The number of benzene rings is 8. The van der Waals surface area contributed by atoms with Crippen LogP contribution in [0.4, 0.5) is 0 Å². The molecule has 0 radical (unpaired) electrons. The molecule has 8 aromatic carbocycles. The topological polar surface area (TPSA) is 51.8 Å². The lowest BCUT2D eigenvalue weighted by molar-refractivity contribution is 0.669. The molecular weight excluding hydrogens is 647 g/mol. The molecule has 0 atom stereocenters. The van der Waals surface area contributed by atoms with E-state index in [4.69, 9.17) is 19.4 Å². The van der Waals surface area contributed by atoms with Gasteiger partial charge in [0.25, 0.3) is 0 Å². The fourth-order valence-corrected chi connectivity index (χ4v) is 7.28. The summed E-state index contributed by atoms with van der Waals surface area (Å²) in [5.74, 6) is 1.79. The first-order chi connectivity index (χ1) is 26.2. The molecule has 0 saturated heterocycles. The van der Waals surface area contributed by atoms with Crippen molar-refractivity contribution >= 4 is 32.7 Å². The van der Waals surface area contributed by atoms with Gasteiger partial charge in [0.15, 0.2) is 17.5 Å². The van der Waals surface area contributed by atoms with E-state index in [0.717, 1.165) is 72.0 Å². The van der Waals surface area contributed by atoms with Crippen LogP contribution in [0.1, 0.15) is 0 Å². The third-order valence-corrected chi connectivity index (χ3v) is 9.96. The smallest absolute Gasteiger partial charge is 0.165 e. The lowest BCUT2D eigenvalue weighted by atomic mass is 9.93. The number of hydrogen-bond acceptors (Lipinski definition) is 4. The van der Waals surface area contributed by atoms with Crippen LogP contribution in [0, 0.1) is 0 Å². The molecule has 4 heteroatoms. The number of para-hydroxylation sites is 1. The summed E-state index contributed by atoms with van der Waals surface area (Å²) in [7, 11) is 0. The van der Waals surface area contributed by atoms with Gasteiger partial charge in [-0.25, -0.2) is 15.0 Å². The minimum absolute atomic E-state index is 0.588. The number of fused-ring (bicyclic) bond motifs is 4. The maximum absolute atomic E-state index is 6.44. The maximum atomic E-state index is 6.44. The predicted octanol–water partition coefficient (Wildman–Crippen LogP) is 12.9. The molecule has 10 aromatic rings. The Labute approximate surface area is 306 Å². The van der Waals surface area contributed by atoms with Crippen molar-refractivity contribution in [2.75, 3.05) is 0 Å². The molecule has 0 fully saturated rings. The van der Waals surface area contributed by atoms with Crippen molar-refractivity contribution in [3.63, 3.8) is 0 Å². The first-order valence-corrected chi connectivity index (χ1v) is 17.8. The Morgan fingerprint density at radius 3 is 1.45 bits per heavy atom. The molecule has 0 bridgehead atoms. The molecule has 0 spiro atoms. The number of furan rings is 1. The van der Waals surface area contributed by atoms with Crippen molar-refractivity contribution in [1.29, 1.82) is 0 Å². The van der Waals surface area contributed by atoms with Crippen LogP contribution in [0.15, 0.2) is 192 Å². The summed E-state index contributed by atoms with van der Waals surface area (Å²) < 4.78 is 6.44. The zero-order chi connectivity index (χ0) is 35.1. The molecule has 0 N–H and O–H groups in total. The average molecular weight is 678 g/mol. The maximum Gasteiger partial charge on any atom is 0.165 e. The first kappa shape index (κ1) is 30.6. The summed E-state index contributed by atoms with van der Waals surface area (Å²) in [5.41, 5.74) is 11.0. The predicted molar refractivity (Wildman–Crippen MR) is 217 cm³/mol. The first-order valence-electron chi connectivity index (χ1n) is 17.8. The van der Waals surface area contributed by atoms with Crippen LogP contribution in [0.2, 0.25) is 0 Å². The summed E-state index contributed by atoms with van der Waals surface area (Å²) in [6, 6.07) is 65.2. The zero-order valence-electron chi connectivity index (χ0n) is 28.6. The highest BCUT2D eigenvalue weighted by atomic mass is 16.3. The Morgan fingerprint density at radius 2 is 0.811 bits per heavy atom. The normalized spacial score (nSPS) is 11.4. The highest BCUT2D eigenvalue weighted by Gasteiger charge is 2.22. The van der Waals surface area contributed by atoms with E-state index in [2.05, 4.69) is 164 Å². The van der Waals surface area contributed by atoms with Crippen molar-refractivity contribution in [1.82, 2.24) is 15.0 Å². The molecule has 4 nitrogen and oxygen atoms in total. The number of rotatable bonds is 6. The van der Waals surface area contributed by atoms with Crippen molar-refractivity contribution in [3.05, 3.63) is 188 Å².